The van der Waals surface area contributed by atoms with Gasteiger partial charge < -0.3 is 5.32 Å². The van der Waals surface area contributed by atoms with Gasteiger partial charge in [-0.2, -0.15) is 0 Å². The lowest BCUT2D eigenvalue weighted by molar-refractivity contribution is 0.575. The quantitative estimate of drug-likeness (QED) is 0.766. The first-order valence-corrected chi connectivity index (χ1v) is 6.94. The van der Waals surface area contributed by atoms with Crippen molar-refractivity contribution in [2.75, 3.05) is 0 Å². The topological polar surface area (TPSA) is 24.9 Å². The van der Waals surface area contributed by atoms with E-state index in [4.69, 9.17) is 0 Å². The Morgan fingerprint density at radius 2 is 1.85 bits per heavy atom. The van der Waals surface area contributed by atoms with Crippen LogP contribution in [0.15, 0.2) is 67.0 Å². The minimum atomic E-state index is 0.294. The van der Waals surface area contributed by atoms with Crippen molar-refractivity contribution in [1.82, 2.24) is 10.3 Å². The Hall–Kier alpha value is -2.19. The van der Waals surface area contributed by atoms with Gasteiger partial charge in [0.2, 0.25) is 0 Å². The van der Waals surface area contributed by atoms with Gasteiger partial charge in [0.05, 0.1) is 0 Å². The number of hydrogen-bond donors (Lipinski definition) is 1. The zero-order chi connectivity index (χ0) is 13.8. The molecule has 0 aliphatic rings. The summed E-state index contributed by atoms with van der Waals surface area (Å²) in [6.07, 6.45) is 3.72. The molecule has 0 amide bonds. The van der Waals surface area contributed by atoms with Crippen molar-refractivity contribution in [2.45, 2.75) is 19.5 Å². The molecule has 1 N–H and O–H groups in total. The minimum absolute atomic E-state index is 0.294. The Kier molecular flexibility index (Phi) is 3.75. The summed E-state index contributed by atoms with van der Waals surface area (Å²) < 4.78 is 0. The van der Waals surface area contributed by atoms with Gasteiger partial charge in [0.25, 0.3) is 0 Å². The molecule has 1 heterocycles. The Bertz CT molecular complexity index is 687. The van der Waals surface area contributed by atoms with Crippen LogP contribution in [-0.2, 0) is 6.54 Å². The van der Waals surface area contributed by atoms with E-state index < -0.39 is 0 Å². The molecule has 0 saturated carbocycles. The molecule has 0 fully saturated rings. The first kappa shape index (κ1) is 12.8. The van der Waals surface area contributed by atoms with E-state index in [-0.39, 0.29) is 0 Å². The maximum atomic E-state index is 4.17. The number of nitrogens with one attached hydrogen (secondary N) is 1. The smallest absolute Gasteiger partial charge is 0.0315 e. The third-order valence-electron chi connectivity index (χ3n) is 3.66. The Morgan fingerprint density at radius 1 is 1.00 bits per heavy atom. The van der Waals surface area contributed by atoms with Crippen LogP contribution in [0.5, 0.6) is 0 Å². The van der Waals surface area contributed by atoms with Crippen molar-refractivity contribution in [1.29, 1.82) is 0 Å². The van der Waals surface area contributed by atoms with Crippen molar-refractivity contribution in [2.24, 2.45) is 0 Å². The molecule has 0 spiro atoms. The zero-order valence-electron chi connectivity index (χ0n) is 11.6. The van der Waals surface area contributed by atoms with Gasteiger partial charge >= 0.3 is 0 Å². The molecular weight excluding hydrogens is 244 g/mol. The number of nitrogens with zero attached hydrogens (tertiary/aromatic N) is 1. The van der Waals surface area contributed by atoms with Crippen LogP contribution in [0.3, 0.4) is 0 Å². The molecule has 1 aromatic heterocycles. The van der Waals surface area contributed by atoms with Crippen LogP contribution in [0.4, 0.5) is 0 Å². The normalized spacial score (nSPS) is 12.4. The van der Waals surface area contributed by atoms with Crippen molar-refractivity contribution in [3.63, 3.8) is 0 Å². The minimum Gasteiger partial charge on any atom is -0.306 e. The summed E-state index contributed by atoms with van der Waals surface area (Å²) in [6.45, 7) is 3.03. The Morgan fingerprint density at radius 3 is 2.70 bits per heavy atom. The van der Waals surface area contributed by atoms with Gasteiger partial charge in [-0.3, -0.25) is 4.98 Å². The molecule has 0 aliphatic heterocycles. The number of rotatable bonds is 4. The lowest BCUT2D eigenvalue weighted by Crippen LogP contribution is -2.18. The van der Waals surface area contributed by atoms with E-state index in [1.54, 1.807) is 6.20 Å². The second kappa shape index (κ2) is 5.85. The zero-order valence-corrected chi connectivity index (χ0v) is 11.6. The molecule has 0 bridgehead atoms. The second-order valence-electron chi connectivity index (χ2n) is 5.03. The van der Waals surface area contributed by atoms with Gasteiger partial charge in [-0.15, -0.1) is 0 Å². The average Bonchev–Trinajstić information content (AvgIpc) is 2.53. The summed E-state index contributed by atoms with van der Waals surface area (Å²) in [6, 6.07) is 19.4. The van der Waals surface area contributed by atoms with E-state index in [1.165, 1.54) is 21.9 Å². The molecule has 1 atom stereocenters. The standard InChI is InChI=1S/C18H18N2/c1-14(16-9-5-11-19-12-16)20-13-17-8-4-7-15-6-2-3-10-18(15)17/h2-12,14,20H,13H2,1H3. The van der Waals surface area contributed by atoms with E-state index >= 15 is 0 Å². The molecule has 0 radical (unpaired) electrons. The van der Waals surface area contributed by atoms with Gasteiger partial charge in [-0.1, -0.05) is 48.5 Å². The third kappa shape index (κ3) is 2.70. The highest BCUT2D eigenvalue weighted by molar-refractivity contribution is 5.85. The highest BCUT2D eigenvalue weighted by atomic mass is 14.9. The van der Waals surface area contributed by atoms with Crippen LogP contribution in [0, 0.1) is 0 Å². The van der Waals surface area contributed by atoms with Gasteiger partial charge in [-0.05, 0) is 34.9 Å². The molecule has 3 rings (SSSR count). The highest BCUT2D eigenvalue weighted by Gasteiger charge is 2.06. The molecule has 20 heavy (non-hydrogen) atoms. The highest BCUT2D eigenvalue weighted by Crippen LogP contribution is 2.19. The first-order chi connectivity index (χ1) is 9.84. The van der Waals surface area contributed by atoms with Gasteiger partial charge in [0.15, 0.2) is 0 Å². The molecule has 2 heteroatoms. The van der Waals surface area contributed by atoms with E-state index in [1.807, 2.05) is 12.3 Å². The van der Waals surface area contributed by atoms with Crippen molar-refractivity contribution in [3.05, 3.63) is 78.1 Å². The summed E-state index contributed by atoms with van der Waals surface area (Å²) in [5, 5.41) is 6.18. The van der Waals surface area contributed by atoms with Gasteiger partial charge in [-0.25, -0.2) is 0 Å². The Balaban J connectivity index is 1.77. The van der Waals surface area contributed by atoms with Gasteiger partial charge in [0.1, 0.15) is 0 Å². The summed E-state index contributed by atoms with van der Waals surface area (Å²) in [5.41, 5.74) is 2.55. The Labute approximate surface area is 119 Å². The monoisotopic (exact) mass is 262 g/mol. The third-order valence-corrected chi connectivity index (χ3v) is 3.66. The lowest BCUT2D eigenvalue weighted by atomic mass is 10.0. The molecule has 2 nitrogen and oxygen atoms in total. The van der Waals surface area contributed by atoms with Crippen molar-refractivity contribution < 1.29 is 0 Å². The van der Waals surface area contributed by atoms with E-state index in [2.05, 4.69) is 65.8 Å². The van der Waals surface area contributed by atoms with Crippen LogP contribution in [0.25, 0.3) is 10.8 Å². The van der Waals surface area contributed by atoms with Crippen LogP contribution in [-0.4, -0.2) is 4.98 Å². The largest absolute Gasteiger partial charge is 0.306 e. The van der Waals surface area contributed by atoms with Crippen LogP contribution >= 0.6 is 0 Å². The molecule has 3 aromatic rings. The summed E-state index contributed by atoms with van der Waals surface area (Å²) >= 11 is 0. The molecule has 100 valence electrons. The molecule has 2 aromatic carbocycles. The van der Waals surface area contributed by atoms with Crippen LogP contribution < -0.4 is 5.32 Å². The van der Waals surface area contributed by atoms with Crippen molar-refractivity contribution >= 4 is 10.8 Å². The number of hydrogen-bond acceptors (Lipinski definition) is 2. The maximum Gasteiger partial charge on any atom is 0.0315 e. The summed E-state index contributed by atoms with van der Waals surface area (Å²) in [4.78, 5) is 4.17. The SMILES string of the molecule is CC(NCc1cccc2ccccc12)c1cccnc1. The van der Waals surface area contributed by atoms with Crippen molar-refractivity contribution in [3.8, 4) is 0 Å². The number of aromatic nitrogens is 1. The van der Waals surface area contributed by atoms with Gasteiger partial charge in [0, 0.05) is 25.0 Å². The summed E-state index contributed by atoms with van der Waals surface area (Å²) in [5.74, 6) is 0. The van der Waals surface area contributed by atoms with E-state index in [0.29, 0.717) is 6.04 Å². The summed E-state index contributed by atoms with van der Waals surface area (Å²) in [7, 11) is 0. The van der Waals surface area contributed by atoms with E-state index in [0.717, 1.165) is 6.54 Å². The predicted octanol–water partition coefficient (Wildman–Crippen LogP) is 4.09. The predicted molar refractivity (Wildman–Crippen MR) is 83.4 cm³/mol. The lowest BCUT2D eigenvalue weighted by Gasteiger charge is -2.15. The van der Waals surface area contributed by atoms with Crippen LogP contribution in [0.2, 0.25) is 0 Å². The second-order valence-corrected chi connectivity index (χ2v) is 5.03. The number of pyridine rings is 1. The average molecular weight is 262 g/mol. The van der Waals surface area contributed by atoms with Crippen LogP contribution in [0.1, 0.15) is 24.1 Å². The molecular formula is C18H18N2. The fourth-order valence-electron chi connectivity index (χ4n) is 2.46. The molecule has 0 aliphatic carbocycles. The van der Waals surface area contributed by atoms with E-state index in [9.17, 15) is 0 Å². The maximum absolute atomic E-state index is 4.17. The fourth-order valence-corrected chi connectivity index (χ4v) is 2.46. The first-order valence-electron chi connectivity index (χ1n) is 6.94. The molecule has 1 unspecified atom stereocenters. The number of fused-ring (bicyclic) bond motifs is 1. The number of benzene rings is 2. The fraction of sp³-hybridized carbons (Fsp3) is 0.167. The molecule has 0 saturated heterocycles.